The summed E-state index contributed by atoms with van der Waals surface area (Å²) >= 11 is 0. The Kier molecular flexibility index (Phi) is 6.04. The quantitative estimate of drug-likeness (QED) is 0.699. The molecule has 0 aliphatic carbocycles. The number of carbonyl (C=O) groups is 3. The molecule has 2 aromatic carbocycles. The molecule has 3 amide bonds. The van der Waals surface area contributed by atoms with E-state index in [1.807, 2.05) is 18.2 Å². The maximum atomic E-state index is 13.2. The molecule has 0 saturated carbocycles. The van der Waals surface area contributed by atoms with Crippen molar-refractivity contribution in [2.75, 3.05) is 19.0 Å². The third kappa shape index (κ3) is 4.52. The van der Waals surface area contributed by atoms with Crippen LogP contribution in [0.15, 0.2) is 53.7 Å². The predicted octanol–water partition coefficient (Wildman–Crippen LogP) is 2.31. The number of methoxy groups -OCH3 is 1. The number of amides is 3. The Morgan fingerprint density at radius 3 is 2.67 bits per heavy atom. The molecular weight excluding hydrogens is 424 g/mol. The van der Waals surface area contributed by atoms with Crippen LogP contribution >= 0.6 is 0 Å². The van der Waals surface area contributed by atoms with Gasteiger partial charge in [-0.15, -0.1) is 0 Å². The number of nitrogens with two attached hydrogens (primary N) is 1. The summed E-state index contributed by atoms with van der Waals surface area (Å²) in [6.45, 7) is 1.97. The number of anilines is 1. The molecule has 2 aliphatic rings. The number of carbonyl (C=O) groups excluding carboxylic acids is 3. The van der Waals surface area contributed by atoms with E-state index in [4.69, 9.17) is 15.3 Å². The van der Waals surface area contributed by atoms with Gasteiger partial charge < -0.3 is 25.5 Å². The van der Waals surface area contributed by atoms with Crippen molar-refractivity contribution in [1.29, 1.82) is 0 Å². The summed E-state index contributed by atoms with van der Waals surface area (Å²) in [5.74, 6) is -0.346. The van der Waals surface area contributed by atoms with Crippen molar-refractivity contribution >= 4 is 29.1 Å². The minimum Gasteiger partial charge on any atom is -0.497 e. The van der Waals surface area contributed by atoms with Gasteiger partial charge in [0.05, 0.1) is 19.4 Å². The van der Waals surface area contributed by atoms with Crippen molar-refractivity contribution in [3.05, 3.63) is 59.7 Å². The molecule has 2 aliphatic heterocycles. The van der Waals surface area contributed by atoms with E-state index in [0.29, 0.717) is 35.6 Å². The molecule has 9 heteroatoms. The lowest BCUT2D eigenvalue weighted by molar-refractivity contribution is -0.122. The zero-order valence-corrected chi connectivity index (χ0v) is 18.5. The summed E-state index contributed by atoms with van der Waals surface area (Å²) in [4.78, 5) is 44.4. The molecule has 172 valence electrons. The number of ether oxygens (including phenoxy) is 1. The molecule has 0 aromatic heterocycles. The van der Waals surface area contributed by atoms with Crippen molar-refractivity contribution in [2.45, 2.75) is 37.8 Å². The number of likely N-dealkylation sites (tertiary alicyclic amines) is 1. The van der Waals surface area contributed by atoms with Crippen LogP contribution < -0.4 is 15.8 Å². The lowest BCUT2D eigenvalue weighted by Gasteiger charge is -2.23. The largest absolute Gasteiger partial charge is 0.497 e. The maximum absolute atomic E-state index is 13.2. The summed E-state index contributed by atoms with van der Waals surface area (Å²) in [5, 5.41) is 7.09. The smallest absolute Gasteiger partial charge is 0.254 e. The molecule has 2 heterocycles. The minimum absolute atomic E-state index is 0.0824. The monoisotopic (exact) mass is 450 g/mol. The highest BCUT2D eigenvalue weighted by Gasteiger charge is 2.53. The number of primary amides is 1. The van der Waals surface area contributed by atoms with Crippen LogP contribution in [0.1, 0.15) is 42.1 Å². The number of hydrogen-bond acceptors (Lipinski definition) is 6. The molecule has 33 heavy (non-hydrogen) atoms. The van der Waals surface area contributed by atoms with Gasteiger partial charge >= 0.3 is 0 Å². The zero-order chi connectivity index (χ0) is 23.6. The van der Waals surface area contributed by atoms with E-state index in [9.17, 15) is 14.4 Å². The fourth-order valence-corrected chi connectivity index (χ4v) is 4.21. The van der Waals surface area contributed by atoms with Gasteiger partial charge in [-0.3, -0.25) is 14.4 Å². The normalized spacial score (nSPS) is 21.5. The first-order valence-electron chi connectivity index (χ1n) is 10.7. The topological polar surface area (TPSA) is 123 Å². The van der Waals surface area contributed by atoms with Crippen LogP contribution in [0, 0.1) is 0 Å². The van der Waals surface area contributed by atoms with Crippen molar-refractivity contribution in [1.82, 2.24) is 4.90 Å². The Hall–Kier alpha value is -3.88. The van der Waals surface area contributed by atoms with Crippen LogP contribution in [0.2, 0.25) is 0 Å². The fourth-order valence-electron chi connectivity index (χ4n) is 4.21. The molecule has 1 saturated heterocycles. The number of rotatable bonds is 6. The van der Waals surface area contributed by atoms with Gasteiger partial charge in [0.1, 0.15) is 11.8 Å². The number of nitrogens with one attached hydrogen (secondary N) is 1. The van der Waals surface area contributed by atoms with Crippen molar-refractivity contribution in [2.24, 2.45) is 10.9 Å². The number of oxime groups is 1. The van der Waals surface area contributed by atoms with Gasteiger partial charge in [-0.2, -0.15) is 0 Å². The van der Waals surface area contributed by atoms with Gasteiger partial charge in [0.25, 0.3) is 5.91 Å². The molecule has 9 nitrogen and oxygen atoms in total. The molecule has 0 radical (unpaired) electrons. The van der Waals surface area contributed by atoms with Gasteiger partial charge in [0.15, 0.2) is 5.60 Å². The third-order valence-electron chi connectivity index (χ3n) is 5.97. The summed E-state index contributed by atoms with van der Waals surface area (Å²) in [5.41, 5.74) is 7.39. The van der Waals surface area contributed by atoms with Gasteiger partial charge in [-0.05, 0) is 36.4 Å². The Bertz CT molecular complexity index is 1110. The molecular formula is C24H26N4O5. The van der Waals surface area contributed by atoms with E-state index >= 15 is 0 Å². The average Bonchev–Trinajstić information content (AvgIpc) is 3.43. The first-order valence-corrected chi connectivity index (χ1v) is 10.7. The van der Waals surface area contributed by atoms with E-state index in [1.54, 1.807) is 44.4 Å². The molecule has 2 atom stereocenters. The van der Waals surface area contributed by atoms with E-state index in [0.717, 1.165) is 5.56 Å². The second kappa shape index (κ2) is 8.93. The Morgan fingerprint density at radius 1 is 1.24 bits per heavy atom. The second-order valence-corrected chi connectivity index (χ2v) is 8.26. The highest BCUT2D eigenvalue weighted by Crippen LogP contribution is 2.39. The number of hydrogen-bond donors (Lipinski definition) is 2. The fraction of sp³-hybridized carbons (Fsp3) is 0.333. The van der Waals surface area contributed by atoms with Crippen molar-refractivity contribution in [3.8, 4) is 5.75 Å². The Labute approximate surface area is 191 Å². The molecule has 0 bridgehead atoms. The van der Waals surface area contributed by atoms with E-state index < -0.39 is 17.6 Å². The highest BCUT2D eigenvalue weighted by atomic mass is 16.7. The molecule has 1 fully saturated rings. The first-order chi connectivity index (χ1) is 15.8. The van der Waals surface area contributed by atoms with Crippen LogP contribution in [0.4, 0.5) is 5.69 Å². The van der Waals surface area contributed by atoms with Crippen LogP contribution in [-0.2, 0) is 14.4 Å². The lowest BCUT2D eigenvalue weighted by atomic mass is 9.91. The summed E-state index contributed by atoms with van der Waals surface area (Å²) in [7, 11) is 1.55. The maximum Gasteiger partial charge on any atom is 0.254 e. The van der Waals surface area contributed by atoms with Crippen LogP contribution in [-0.4, -0.2) is 53.6 Å². The van der Waals surface area contributed by atoms with Crippen LogP contribution in [0.25, 0.3) is 0 Å². The lowest BCUT2D eigenvalue weighted by Crippen LogP contribution is -2.44. The van der Waals surface area contributed by atoms with Crippen LogP contribution in [0.3, 0.4) is 0 Å². The number of benzene rings is 2. The molecule has 1 spiro atoms. The van der Waals surface area contributed by atoms with Gasteiger partial charge in [0, 0.05) is 36.1 Å². The van der Waals surface area contributed by atoms with Crippen molar-refractivity contribution < 1.29 is 24.0 Å². The third-order valence-corrected chi connectivity index (χ3v) is 5.97. The first kappa shape index (κ1) is 22.3. The number of nitrogens with zero attached hydrogens (tertiary/aromatic N) is 2. The van der Waals surface area contributed by atoms with E-state index in [1.165, 1.54) is 4.90 Å². The molecule has 2 aromatic rings. The van der Waals surface area contributed by atoms with Crippen molar-refractivity contribution in [3.63, 3.8) is 0 Å². The highest BCUT2D eigenvalue weighted by molar-refractivity contribution is 6.04. The Balaban J connectivity index is 1.52. The molecule has 1 unspecified atom stereocenters. The second-order valence-electron chi connectivity index (χ2n) is 8.26. The predicted molar refractivity (Wildman–Crippen MR) is 122 cm³/mol. The summed E-state index contributed by atoms with van der Waals surface area (Å²) in [6.07, 6.45) is 1.04. The van der Waals surface area contributed by atoms with Crippen LogP contribution in [0.5, 0.6) is 5.75 Å². The Morgan fingerprint density at radius 2 is 2.00 bits per heavy atom. The SMILES string of the molecule is CCC(=O)Nc1cccc(C2=NOC3(C2)C[C@@H](C(N)=O)N(C(=O)c2ccc(OC)cc2)C3)c1. The summed E-state index contributed by atoms with van der Waals surface area (Å²) < 4.78 is 5.14. The molecule has 4 rings (SSSR count). The van der Waals surface area contributed by atoms with Gasteiger partial charge in [0.2, 0.25) is 11.8 Å². The standard InChI is InChI=1S/C24H26N4O5/c1-3-21(29)26-17-6-4-5-16(11-17)19-12-24(33-27-19)13-20(22(25)30)28(14-24)23(31)15-7-9-18(32-2)10-8-15/h4-11,20H,3,12-14H2,1-2H3,(H2,25,30)(H,26,29)/t20-,24?/m0/s1. The minimum atomic E-state index is -0.834. The average molecular weight is 450 g/mol. The summed E-state index contributed by atoms with van der Waals surface area (Å²) in [6, 6.07) is 13.2. The van der Waals surface area contributed by atoms with Gasteiger partial charge in [-0.1, -0.05) is 24.2 Å². The van der Waals surface area contributed by atoms with E-state index in [-0.39, 0.29) is 24.8 Å². The van der Waals surface area contributed by atoms with Gasteiger partial charge in [-0.25, -0.2) is 0 Å². The zero-order valence-electron chi connectivity index (χ0n) is 18.5. The van der Waals surface area contributed by atoms with E-state index in [2.05, 4.69) is 10.5 Å². The molecule has 3 N–H and O–H groups in total.